The second-order valence-electron chi connectivity index (χ2n) is 5.06. The molecule has 0 spiro atoms. The van der Waals surface area contributed by atoms with Gasteiger partial charge in [0.2, 0.25) is 0 Å². The molecule has 2 aromatic carbocycles. The van der Waals surface area contributed by atoms with E-state index in [0.717, 1.165) is 22.9 Å². The first-order valence-corrected chi connectivity index (χ1v) is 7.52. The first-order chi connectivity index (χ1) is 12.0. The minimum Gasteiger partial charge on any atom is -0.320 e. The number of amides is 1. The van der Waals surface area contributed by atoms with Crippen LogP contribution < -0.4 is 16.6 Å². The number of H-pyrrole nitrogens is 1. The maximum Gasteiger partial charge on any atom is 0.333 e. The summed E-state index contributed by atoms with van der Waals surface area (Å²) in [6.07, 6.45) is 1.02. The molecule has 3 aromatic rings. The molecule has 0 saturated carbocycles. The van der Waals surface area contributed by atoms with E-state index in [4.69, 9.17) is 11.6 Å². The van der Waals surface area contributed by atoms with Gasteiger partial charge in [-0.05, 0) is 36.4 Å². The van der Waals surface area contributed by atoms with Crippen molar-refractivity contribution in [2.45, 2.75) is 0 Å². The Kier molecular flexibility index (Phi) is 4.49. The predicted octanol–water partition coefficient (Wildman–Crippen LogP) is 2.57. The van der Waals surface area contributed by atoms with Crippen molar-refractivity contribution in [3.63, 3.8) is 0 Å². The van der Waals surface area contributed by atoms with Gasteiger partial charge in [0.1, 0.15) is 11.4 Å². The number of rotatable bonds is 3. The fourth-order valence-corrected chi connectivity index (χ4v) is 2.40. The molecule has 0 unspecified atom stereocenters. The molecule has 25 heavy (non-hydrogen) atoms. The smallest absolute Gasteiger partial charge is 0.320 e. The summed E-state index contributed by atoms with van der Waals surface area (Å²) in [6, 6.07) is 11.3. The van der Waals surface area contributed by atoms with Gasteiger partial charge in [0.15, 0.2) is 0 Å². The Morgan fingerprint density at radius 1 is 1.08 bits per heavy atom. The van der Waals surface area contributed by atoms with Gasteiger partial charge in [0.05, 0.1) is 16.4 Å². The third-order valence-corrected chi connectivity index (χ3v) is 3.76. The number of aromatic nitrogens is 2. The molecule has 1 amide bonds. The van der Waals surface area contributed by atoms with Crippen LogP contribution >= 0.6 is 11.6 Å². The van der Waals surface area contributed by atoms with Crippen LogP contribution in [0, 0.1) is 5.82 Å². The average molecular weight is 360 g/mol. The van der Waals surface area contributed by atoms with E-state index in [1.54, 1.807) is 24.3 Å². The number of nitrogens with one attached hydrogen (secondary N) is 2. The summed E-state index contributed by atoms with van der Waals surface area (Å²) in [4.78, 5) is 39.2. The highest BCUT2D eigenvalue weighted by atomic mass is 35.5. The molecule has 1 heterocycles. The summed E-state index contributed by atoms with van der Waals surface area (Å²) < 4.78 is 13.8. The Morgan fingerprint density at radius 2 is 1.76 bits per heavy atom. The monoisotopic (exact) mass is 359 g/mol. The van der Waals surface area contributed by atoms with Crippen molar-refractivity contribution in [3.05, 3.63) is 92.0 Å². The summed E-state index contributed by atoms with van der Waals surface area (Å²) in [7, 11) is 0. The summed E-state index contributed by atoms with van der Waals surface area (Å²) in [5.74, 6) is -1.24. The molecular weight excluding hydrogens is 349 g/mol. The average Bonchev–Trinajstić information content (AvgIpc) is 2.58. The number of hydrogen-bond acceptors (Lipinski definition) is 3. The van der Waals surface area contributed by atoms with E-state index < -0.39 is 23.0 Å². The van der Waals surface area contributed by atoms with Crippen LogP contribution in [0.3, 0.4) is 0 Å². The minimum absolute atomic E-state index is 0.139. The van der Waals surface area contributed by atoms with Gasteiger partial charge >= 0.3 is 5.69 Å². The van der Waals surface area contributed by atoms with Crippen molar-refractivity contribution in [1.29, 1.82) is 0 Å². The second-order valence-corrected chi connectivity index (χ2v) is 5.47. The number of anilines is 1. The van der Waals surface area contributed by atoms with Crippen LogP contribution in [0.5, 0.6) is 0 Å². The molecule has 0 aliphatic carbocycles. The van der Waals surface area contributed by atoms with Crippen LogP contribution in [-0.2, 0) is 0 Å². The van der Waals surface area contributed by atoms with Crippen LogP contribution in [0.2, 0.25) is 5.02 Å². The number of nitrogens with zero attached hydrogens (tertiary/aromatic N) is 1. The van der Waals surface area contributed by atoms with Crippen molar-refractivity contribution in [2.24, 2.45) is 0 Å². The lowest BCUT2D eigenvalue weighted by molar-refractivity contribution is 0.102. The highest BCUT2D eigenvalue weighted by Crippen LogP contribution is 2.20. The third kappa shape index (κ3) is 3.36. The summed E-state index contributed by atoms with van der Waals surface area (Å²) >= 11 is 5.97. The number of hydrogen-bond donors (Lipinski definition) is 2. The number of halogens is 2. The summed E-state index contributed by atoms with van der Waals surface area (Å²) in [5, 5.41) is 2.81. The Morgan fingerprint density at radius 3 is 2.44 bits per heavy atom. The SMILES string of the molecule is O=C(Nc1ccccc1Cl)c1c[nH]c(=O)n(-c2ccc(F)cc2)c1=O. The van der Waals surface area contributed by atoms with Gasteiger partial charge in [-0.25, -0.2) is 13.8 Å². The van der Waals surface area contributed by atoms with Crippen molar-refractivity contribution in [3.8, 4) is 5.69 Å². The number of aromatic amines is 1. The maximum absolute atomic E-state index is 13.0. The van der Waals surface area contributed by atoms with Gasteiger partial charge in [0.25, 0.3) is 11.5 Å². The molecule has 0 fully saturated rings. The van der Waals surface area contributed by atoms with E-state index in [1.807, 2.05) is 0 Å². The van der Waals surface area contributed by atoms with Crippen LogP contribution in [0.25, 0.3) is 5.69 Å². The zero-order valence-corrected chi connectivity index (χ0v) is 13.4. The largest absolute Gasteiger partial charge is 0.333 e. The van der Waals surface area contributed by atoms with E-state index >= 15 is 0 Å². The molecule has 0 aliphatic rings. The summed E-state index contributed by atoms with van der Waals surface area (Å²) in [5.41, 5.74) is -1.40. The van der Waals surface area contributed by atoms with E-state index in [9.17, 15) is 18.8 Å². The Bertz CT molecular complexity index is 1060. The summed E-state index contributed by atoms with van der Waals surface area (Å²) in [6.45, 7) is 0. The molecule has 1 aromatic heterocycles. The van der Waals surface area contributed by atoms with Crippen LogP contribution in [0.15, 0.2) is 64.3 Å². The van der Waals surface area contributed by atoms with E-state index in [2.05, 4.69) is 10.3 Å². The molecule has 2 N–H and O–H groups in total. The van der Waals surface area contributed by atoms with Crippen molar-refractivity contribution < 1.29 is 9.18 Å². The lowest BCUT2D eigenvalue weighted by Gasteiger charge is -2.09. The second kappa shape index (κ2) is 6.74. The zero-order valence-electron chi connectivity index (χ0n) is 12.6. The predicted molar refractivity (Wildman–Crippen MR) is 92.0 cm³/mol. The normalized spacial score (nSPS) is 10.5. The standard InChI is InChI=1S/C17H11ClFN3O3/c18-13-3-1-2-4-14(13)21-15(23)12-9-20-17(25)22(16(12)24)11-7-5-10(19)6-8-11/h1-9H,(H,20,25)(H,21,23). The van der Waals surface area contributed by atoms with Gasteiger partial charge in [-0.2, -0.15) is 0 Å². The maximum atomic E-state index is 13.0. The highest BCUT2D eigenvalue weighted by Gasteiger charge is 2.16. The number of benzene rings is 2. The molecule has 0 radical (unpaired) electrons. The van der Waals surface area contributed by atoms with Crippen LogP contribution in [0.4, 0.5) is 10.1 Å². The fourth-order valence-electron chi connectivity index (χ4n) is 2.21. The highest BCUT2D eigenvalue weighted by molar-refractivity contribution is 6.33. The number of carbonyl (C=O) groups excluding carboxylic acids is 1. The molecule has 3 rings (SSSR count). The minimum atomic E-state index is -0.833. The van der Waals surface area contributed by atoms with Crippen LogP contribution in [0.1, 0.15) is 10.4 Å². The first kappa shape index (κ1) is 16.7. The van der Waals surface area contributed by atoms with Gasteiger partial charge in [-0.15, -0.1) is 0 Å². The Balaban J connectivity index is 2.04. The molecule has 0 bridgehead atoms. The van der Waals surface area contributed by atoms with Gasteiger partial charge in [-0.1, -0.05) is 23.7 Å². The van der Waals surface area contributed by atoms with E-state index in [1.165, 1.54) is 12.1 Å². The van der Waals surface area contributed by atoms with Crippen molar-refractivity contribution >= 4 is 23.2 Å². The first-order valence-electron chi connectivity index (χ1n) is 7.14. The molecule has 126 valence electrons. The molecular formula is C17H11ClFN3O3. The molecule has 0 aliphatic heterocycles. The third-order valence-electron chi connectivity index (χ3n) is 3.43. The van der Waals surface area contributed by atoms with Crippen molar-refractivity contribution in [2.75, 3.05) is 5.32 Å². The molecule has 8 heteroatoms. The van der Waals surface area contributed by atoms with Gasteiger partial charge in [0, 0.05) is 6.20 Å². The van der Waals surface area contributed by atoms with Gasteiger partial charge in [-0.3, -0.25) is 9.59 Å². The lowest BCUT2D eigenvalue weighted by Crippen LogP contribution is -2.38. The lowest BCUT2D eigenvalue weighted by atomic mass is 10.2. The van der Waals surface area contributed by atoms with E-state index in [0.29, 0.717) is 10.7 Å². The van der Waals surface area contributed by atoms with Crippen LogP contribution in [-0.4, -0.2) is 15.5 Å². The molecule has 0 atom stereocenters. The topological polar surface area (TPSA) is 84.0 Å². The Hall–Kier alpha value is -3.19. The Labute approximate surface area is 145 Å². The van der Waals surface area contributed by atoms with E-state index in [-0.39, 0.29) is 11.3 Å². The fraction of sp³-hybridized carbons (Fsp3) is 0. The zero-order chi connectivity index (χ0) is 18.0. The van der Waals surface area contributed by atoms with Gasteiger partial charge < -0.3 is 10.3 Å². The number of para-hydroxylation sites is 1. The quantitative estimate of drug-likeness (QED) is 0.753. The molecule has 6 nitrogen and oxygen atoms in total. The van der Waals surface area contributed by atoms with Crippen molar-refractivity contribution in [1.82, 2.24) is 9.55 Å². The number of carbonyl (C=O) groups is 1. The molecule has 0 saturated heterocycles.